The lowest BCUT2D eigenvalue weighted by molar-refractivity contribution is 0.422. The highest BCUT2D eigenvalue weighted by molar-refractivity contribution is 5.42. The van der Waals surface area contributed by atoms with E-state index in [1.54, 1.807) is 11.1 Å². The lowest BCUT2D eigenvalue weighted by Gasteiger charge is -2.30. The van der Waals surface area contributed by atoms with Crippen molar-refractivity contribution in [2.75, 3.05) is 0 Å². The van der Waals surface area contributed by atoms with Gasteiger partial charge in [-0.15, -0.1) is 0 Å². The summed E-state index contributed by atoms with van der Waals surface area (Å²) in [6.07, 6.45) is 7.17. The van der Waals surface area contributed by atoms with Crippen molar-refractivity contribution in [3.05, 3.63) is 34.4 Å². The molecule has 2 aliphatic carbocycles. The molecule has 15 heavy (non-hydrogen) atoms. The zero-order valence-electron chi connectivity index (χ0n) is 9.84. The number of rotatable bonds is 0. The Morgan fingerprint density at radius 1 is 1.07 bits per heavy atom. The van der Waals surface area contributed by atoms with Crippen molar-refractivity contribution in [1.82, 2.24) is 0 Å². The highest BCUT2D eigenvalue weighted by Gasteiger charge is 2.33. The van der Waals surface area contributed by atoms with Gasteiger partial charge in [-0.25, -0.2) is 0 Å². The summed E-state index contributed by atoms with van der Waals surface area (Å²) in [5, 5.41) is 0. The molecule has 0 aromatic heterocycles. The summed E-state index contributed by atoms with van der Waals surface area (Å²) in [7, 11) is 0. The summed E-state index contributed by atoms with van der Waals surface area (Å²) in [6.45, 7) is 4.53. The van der Waals surface area contributed by atoms with Crippen LogP contribution in [0.25, 0.3) is 0 Å². The summed E-state index contributed by atoms with van der Waals surface area (Å²) in [5.41, 5.74) is 6.39. The van der Waals surface area contributed by atoms with Gasteiger partial charge in [0.25, 0.3) is 0 Å². The molecule has 0 spiro atoms. The average molecular weight is 200 g/mol. The first-order chi connectivity index (χ1) is 7.25. The molecule has 2 atom stereocenters. The van der Waals surface area contributed by atoms with Crippen LogP contribution in [0.15, 0.2) is 12.1 Å². The van der Waals surface area contributed by atoms with Crippen LogP contribution in [0.2, 0.25) is 0 Å². The summed E-state index contributed by atoms with van der Waals surface area (Å²) in [6, 6.07) is 4.82. The average Bonchev–Trinajstić information content (AvgIpc) is 2.65. The first-order valence-electron chi connectivity index (χ1n) is 6.36. The van der Waals surface area contributed by atoms with Gasteiger partial charge in [0, 0.05) is 0 Å². The minimum absolute atomic E-state index is 0.910. The zero-order chi connectivity index (χ0) is 10.4. The molecule has 1 saturated carbocycles. The van der Waals surface area contributed by atoms with E-state index in [0.29, 0.717) is 0 Å². The van der Waals surface area contributed by atoms with Gasteiger partial charge >= 0.3 is 0 Å². The fourth-order valence-corrected chi connectivity index (χ4v) is 3.82. The molecule has 0 saturated heterocycles. The fraction of sp³-hybridized carbons (Fsp3) is 0.600. The molecule has 0 aliphatic heterocycles. The second kappa shape index (κ2) is 3.37. The van der Waals surface area contributed by atoms with Crippen molar-refractivity contribution in [3.63, 3.8) is 0 Å². The minimum atomic E-state index is 0.910. The number of benzene rings is 1. The van der Waals surface area contributed by atoms with Gasteiger partial charge in [-0.3, -0.25) is 0 Å². The van der Waals surface area contributed by atoms with Crippen LogP contribution in [-0.2, 0) is 6.42 Å². The minimum Gasteiger partial charge on any atom is -0.0561 e. The van der Waals surface area contributed by atoms with Crippen molar-refractivity contribution in [2.45, 2.75) is 51.9 Å². The third kappa shape index (κ3) is 1.42. The molecule has 0 bridgehead atoms. The van der Waals surface area contributed by atoms with E-state index in [9.17, 15) is 0 Å². The molecule has 0 heterocycles. The Kier molecular flexibility index (Phi) is 2.12. The second-order valence-corrected chi connectivity index (χ2v) is 5.49. The maximum absolute atomic E-state index is 2.46. The van der Waals surface area contributed by atoms with Gasteiger partial charge in [-0.2, -0.15) is 0 Å². The molecule has 1 fully saturated rings. The Hall–Kier alpha value is -0.780. The zero-order valence-corrected chi connectivity index (χ0v) is 9.84. The van der Waals surface area contributed by atoms with E-state index < -0.39 is 0 Å². The van der Waals surface area contributed by atoms with E-state index in [1.165, 1.54) is 43.2 Å². The van der Waals surface area contributed by atoms with Gasteiger partial charge < -0.3 is 0 Å². The molecule has 2 aliphatic rings. The third-order valence-electron chi connectivity index (χ3n) is 4.48. The van der Waals surface area contributed by atoms with Crippen LogP contribution >= 0.6 is 0 Å². The predicted molar refractivity (Wildman–Crippen MR) is 64.3 cm³/mol. The number of aryl methyl sites for hydroxylation is 2. The largest absolute Gasteiger partial charge is 0.0561 e. The maximum atomic E-state index is 2.46. The molecule has 2 unspecified atom stereocenters. The summed E-state index contributed by atoms with van der Waals surface area (Å²) in [5.74, 6) is 1.92. The Morgan fingerprint density at radius 3 is 2.80 bits per heavy atom. The van der Waals surface area contributed by atoms with Crippen LogP contribution in [-0.4, -0.2) is 0 Å². The molecule has 3 rings (SSSR count). The SMILES string of the molecule is Cc1cc(C)c2c(c1)C1CCCC1CC2. The lowest BCUT2D eigenvalue weighted by Crippen LogP contribution is -2.17. The Morgan fingerprint density at radius 2 is 1.93 bits per heavy atom. The van der Waals surface area contributed by atoms with Gasteiger partial charge in [0.05, 0.1) is 0 Å². The Labute approximate surface area is 92.7 Å². The first-order valence-corrected chi connectivity index (χ1v) is 6.36. The summed E-state index contributed by atoms with van der Waals surface area (Å²) >= 11 is 0. The van der Waals surface area contributed by atoms with Crippen LogP contribution in [0.3, 0.4) is 0 Å². The number of hydrogen-bond acceptors (Lipinski definition) is 0. The molecule has 80 valence electrons. The van der Waals surface area contributed by atoms with E-state index in [-0.39, 0.29) is 0 Å². The van der Waals surface area contributed by atoms with Crippen LogP contribution in [0.4, 0.5) is 0 Å². The molecule has 1 aromatic rings. The van der Waals surface area contributed by atoms with Gasteiger partial charge in [0.1, 0.15) is 0 Å². The van der Waals surface area contributed by atoms with Crippen LogP contribution in [0.1, 0.15) is 53.9 Å². The van der Waals surface area contributed by atoms with Gasteiger partial charge in [0.2, 0.25) is 0 Å². The van der Waals surface area contributed by atoms with Crippen molar-refractivity contribution < 1.29 is 0 Å². The molecular weight excluding hydrogens is 180 g/mol. The van der Waals surface area contributed by atoms with Crippen molar-refractivity contribution >= 4 is 0 Å². The van der Waals surface area contributed by atoms with Gasteiger partial charge in [0.15, 0.2) is 0 Å². The third-order valence-corrected chi connectivity index (χ3v) is 4.48. The topological polar surface area (TPSA) is 0 Å². The fourth-order valence-electron chi connectivity index (χ4n) is 3.82. The quantitative estimate of drug-likeness (QED) is 0.590. The monoisotopic (exact) mass is 200 g/mol. The maximum Gasteiger partial charge on any atom is -0.0131 e. The van der Waals surface area contributed by atoms with Crippen LogP contribution < -0.4 is 0 Å². The van der Waals surface area contributed by atoms with Crippen LogP contribution in [0, 0.1) is 19.8 Å². The van der Waals surface area contributed by atoms with Crippen LogP contribution in [0.5, 0.6) is 0 Å². The summed E-state index contributed by atoms with van der Waals surface area (Å²) < 4.78 is 0. The predicted octanol–water partition coefficient (Wildman–Crippen LogP) is 4.13. The molecular formula is C15H20. The molecule has 0 radical (unpaired) electrons. The Balaban J connectivity index is 2.12. The van der Waals surface area contributed by atoms with Crippen molar-refractivity contribution in [3.8, 4) is 0 Å². The van der Waals surface area contributed by atoms with Crippen molar-refractivity contribution in [2.24, 2.45) is 5.92 Å². The highest BCUT2D eigenvalue weighted by atomic mass is 14.4. The standard InChI is InChI=1S/C15H20/c1-10-8-11(2)13-7-6-12-4-3-5-14(12)15(13)9-10/h8-9,12,14H,3-7H2,1-2H3. The van der Waals surface area contributed by atoms with Gasteiger partial charge in [-0.05, 0) is 68.1 Å². The second-order valence-electron chi connectivity index (χ2n) is 5.49. The molecule has 0 heteroatoms. The first kappa shape index (κ1) is 9.45. The number of hydrogen-bond donors (Lipinski definition) is 0. The van der Waals surface area contributed by atoms with Crippen molar-refractivity contribution in [1.29, 1.82) is 0 Å². The number of fused-ring (bicyclic) bond motifs is 3. The van der Waals surface area contributed by atoms with E-state index in [1.807, 2.05) is 0 Å². The molecule has 0 N–H and O–H groups in total. The lowest BCUT2D eigenvalue weighted by atomic mass is 9.75. The normalized spacial score (nSPS) is 28.7. The van der Waals surface area contributed by atoms with Gasteiger partial charge in [-0.1, -0.05) is 24.1 Å². The molecule has 1 aromatic carbocycles. The smallest absolute Gasteiger partial charge is 0.0131 e. The van der Waals surface area contributed by atoms with E-state index >= 15 is 0 Å². The van der Waals surface area contributed by atoms with E-state index in [2.05, 4.69) is 26.0 Å². The van der Waals surface area contributed by atoms with E-state index in [4.69, 9.17) is 0 Å². The Bertz CT molecular complexity index is 389. The molecule has 0 amide bonds. The van der Waals surface area contributed by atoms with E-state index in [0.717, 1.165) is 11.8 Å². The highest BCUT2D eigenvalue weighted by Crippen LogP contribution is 2.47. The summed E-state index contributed by atoms with van der Waals surface area (Å²) in [4.78, 5) is 0. The molecule has 0 nitrogen and oxygen atoms in total.